The third-order valence-corrected chi connectivity index (χ3v) is 7.01. The first-order chi connectivity index (χ1) is 5.33. The van der Waals surface area contributed by atoms with Gasteiger partial charge in [-0.3, -0.25) is 10.5 Å². The van der Waals surface area contributed by atoms with Gasteiger partial charge in [0.1, 0.15) is 0 Å². The zero-order valence-corrected chi connectivity index (χ0v) is 11.8. The molecule has 0 saturated carbocycles. The largest absolute Gasteiger partial charge is 0.343 e. The van der Waals surface area contributed by atoms with Crippen LogP contribution >= 0.6 is 0 Å². The SMILES string of the molecule is CN([SiH2]NNC(C)(C)C)[SiH](C)C. The summed E-state index contributed by atoms with van der Waals surface area (Å²) in [7, 11) is 1.41. The zero-order valence-electron chi connectivity index (χ0n) is 9.23. The summed E-state index contributed by atoms with van der Waals surface area (Å²) < 4.78 is 2.51. The van der Waals surface area contributed by atoms with Gasteiger partial charge in [-0.1, -0.05) is 13.1 Å². The highest BCUT2D eigenvalue weighted by Crippen LogP contribution is 1.94. The Kier molecular flexibility index (Phi) is 5.27. The first kappa shape index (κ1) is 12.3. The second kappa shape index (κ2) is 5.13. The molecule has 0 heterocycles. The average Bonchev–Trinajstić information content (AvgIpc) is 1.84. The molecule has 0 rings (SSSR count). The van der Waals surface area contributed by atoms with E-state index in [1.54, 1.807) is 0 Å². The minimum absolute atomic E-state index is 0.187. The van der Waals surface area contributed by atoms with Crippen LogP contribution in [0.1, 0.15) is 20.8 Å². The molecular formula is C7H23N3Si2. The number of hydrazine groups is 1. The van der Waals surface area contributed by atoms with Crippen molar-refractivity contribution in [2.24, 2.45) is 0 Å². The van der Waals surface area contributed by atoms with Crippen molar-refractivity contribution >= 4 is 18.8 Å². The molecular weight excluding hydrogens is 182 g/mol. The molecule has 0 unspecified atom stereocenters. The molecule has 0 atom stereocenters. The molecule has 0 aromatic heterocycles. The van der Waals surface area contributed by atoms with Crippen LogP contribution in [0, 0.1) is 0 Å². The molecule has 12 heavy (non-hydrogen) atoms. The Morgan fingerprint density at radius 2 is 1.75 bits per heavy atom. The predicted octanol–water partition coefficient (Wildman–Crippen LogP) is -0.207. The van der Waals surface area contributed by atoms with Crippen LogP contribution in [-0.2, 0) is 0 Å². The normalized spacial score (nSPS) is 14.0. The Balaban J connectivity index is 3.44. The van der Waals surface area contributed by atoms with E-state index in [2.05, 4.69) is 55.7 Å². The second-order valence-corrected chi connectivity index (χ2v) is 10.0. The van der Waals surface area contributed by atoms with Crippen molar-refractivity contribution in [3.63, 3.8) is 0 Å². The van der Waals surface area contributed by atoms with Crippen molar-refractivity contribution in [1.29, 1.82) is 0 Å². The average molecular weight is 205 g/mol. The quantitative estimate of drug-likeness (QED) is 0.491. The highest BCUT2D eigenvalue weighted by molar-refractivity contribution is 6.61. The van der Waals surface area contributed by atoms with E-state index >= 15 is 0 Å². The van der Waals surface area contributed by atoms with Crippen molar-refractivity contribution in [3.05, 3.63) is 0 Å². The highest BCUT2D eigenvalue weighted by Gasteiger charge is 2.09. The van der Waals surface area contributed by atoms with E-state index in [0.29, 0.717) is 0 Å². The summed E-state index contributed by atoms with van der Waals surface area (Å²) in [6.45, 7) is 11.2. The molecule has 0 aromatic carbocycles. The van der Waals surface area contributed by atoms with E-state index in [9.17, 15) is 0 Å². The first-order valence-corrected chi connectivity index (χ1v) is 8.70. The minimum atomic E-state index is -0.558. The number of hydrogen-bond acceptors (Lipinski definition) is 3. The van der Waals surface area contributed by atoms with Gasteiger partial charge in [0.15, 0.2) is 9.84 Å². The fourth-order valence-electron chi connectivity index (χ4n) is 0.612. The summed E-state index contributed by atoms with van der Waals surface area (Å²) in [6, 6.07) is 0. The standard InChI is InChI=1S/C7H23N3Si2/c1-7(2,3)8-9-11-10(4)12(5)6/h8-9,12H,11H2,1-6H3. The van der Waals surface area contributed by atoms with Gasteiger partial charge in [0.05, 0.1) is 8.96 Å². The fourth-order valence-corrected chi connectivity index (χ4v) is 3.21. The molecule has 0 bridgehead atoms. The van der Waals surface area contributed by atoms with Gasteiger partial charge in [-0.2, -0.15) is 0 Å². The van der Waals surface area contributed by atoms with Crippen molar-refractivity contribution in [1.82, 2.24) is 14.7 Å². The summed E-state index contributed by atoms with van der Waals surface area (Å²) >= 11 is 0. The minimum Gasteiger partial charge on any atom is -0.343 e. The molecule has 0 aliphatic rings. The number of hydrogen-bond donors (Lipinski definition) is 2. The first-order valence-electron chi connectivity index (χ1n) is 4.53. The van der Waals surface area contributed by atoms with E-state index in [1.807, 2.05) is 0 Å². The van der Waals surface area contributed by atoms with Crippen LogP contribution in [0.5, 0.6) is 0 Å². The van der Waals surface area contributed by atoms with E-state index < -0.39 is 8.96 Å². The van der Waals surface area contributed by atoms with Crippen molar-refractivity contribution in [2.75, 3.05) is 7.05 Å². The lowest BCUT2D eigenvalue weighted by atomic mass is 10.1. The molecule has 0 amide bonds. The van der Waals surface area contributed by atoms with Crippen LogP contribution in [0.25, 0.3) is 0 Å². The van der Waals surface area contributed by atoms with Crippen molar-refractivity contribution in [3.8, 4) is 0 Å². The zero-order chi connectivity index (χ0) is 9.78. The van der Waals surface area contributed by atoms with Crippen molar-refractivity contribution in [2.45, 2.75) is 39.4 Å². The Morgan fingerprint density at radius 3 is 2.08 bits per heavy atom. The Hall–Kier alpha value is 0.314. The highest BCUT2D eigenvalue weighted by atomic mass is 28.3. The predicted molar refractivity (Wildman–Crippen MR) is 61.2 cm³/mol. The monoisotopic (exact) mass is 205 g/mol. The Bertz CT molecular complexity index is 122. The molecule has 0 saturated heterocycles. The van der Waals surface area contributed by atoms with Gasteiger partial charge in [0.2, 0.25) is 0 Å². The van der Waals surface area contributed by atoms with Crippen LogP contribution in [0.15, 0.2) is 0 Å². The molecule has 74 valence electrons. The van der Waals surface area contributed by atoms with Gasteiger partial charge >= 0.3 is 0 Å². The van der Waals surface area contributed by atoms with Crippen LogP contribution in [0.2, 0.25) is 13.1 Å². The summed E-state index contributed by atoms with van der Waals surface area (Å²) in [5.41, 5.74) is 3.49. The summed E-state index contributed by atoms with van der Waals surface area (Å²) in [4.78, 5) is 0. The second-order valence-electron chi connectivity index (χ2n) is 4.56. The molecule has 0 fully saturated rings. The van der Waals surface area contributed by atoms with Gasteiger partial charge in [-0.15, -0.1) is 0 Å². The molecule has 3 nitrogen and oxygen atoms in total. The Labute approximate surface area is 80.6 Å². The van der Waals surface area contributed by atoms with Crippen LogP contribution in [-0.4, -0.2) is 35.6 Å². The third kappa shape index (κ3) is 6.99. The van der Waals surface area contributed by atoms with Gasteiger partial charge in [0.25, 0.3) is 0 Å². The lowest BCUT2D eigenvalue weighted by Gasteiger charge is -2.25. The van der Waals surface area contributed by atoms with E-state index in [4.69, 9.17) is 0 Å². The molecule has 0 aromatic rings. The summed E-state index contributed by atoms with van der Waals surface area (Å²) in [6.07, 6.45) is 0. The van der Waals surface area contributed by atoms with Crippen molar-refractivity contribution < 1.29 is 0 Å². The smallest absolute Gasteiger partial charge is 0.177 e. The summed E-state index contributed by atoms with van der Waals surface area (Å²) in [5.74, 6) is 0. The molecule has 2 N–H and O–H groups in total. The number of nitrogens with one attached hydrogen (secondary N) is 2. The van der Waals surface area contributed by atoms with Gasteiger partial charge < -0.3 is 4.23 Å². The van der Waals surface area contributed by atoms with E-state index in [-0.39, 0.29) is 15.4 Å². The lowest BCUT2D eigenvalue weighted by molar-refractivity contribution is 0.405. The van der Waals surface area contributed by atoms with Crippen LogP contribution in [0.3, 0.4) is 0 Å². The topological polar surface area (TPSA) is 27.3 Å². The molecule has 0 aliphatic carbocycles. The molecule has 0 radical (unpaired) electrons. The Morgan fingerprint density at radius 1 is 1.25 bits per heavy atom. The van der Waals surface area contributed by atoms with Crippen LogP contribution in [0.4, 0.5) is 0 Å². The van der Waals surface area contributed by atoms with Gasteiger partial charge in [0, 0.05) is 5.54 Å². The van der Waals surface area contributed by atoms with Gasteiger partial charge in [-0.05, 0) is 27.8 Å². The van der Waals surface area contributed by atoms with Crippen LogP contribution < -0.4 is 10.5 Å². The fraction of sp³-hybridized carbons (Fsp3) is 1.00. The van der Waals surface area contributed by atoms with E-state index in [1.165, 1.54) is 0 Å². The van der Waals surface area contributed by atoms with Gasteiger partial charge in [-0.25, -0.2) is 0 Å². The number of nitrogens with zero attached hydrogens (tertiary/aromatic N) is 1. The molecule has 0 aliphatic heterocycles. The number of rotatable bonds is 4. The maximum absolute atomic E-state index is 3.36. The molecule has 0 spiro atoms. The maximum atomic E-state index is 3.36. The summed E-state index contributed by atoms with van der Waals surface area (Å²) in [5, 5.41) is 3.36. The lowest BCUT2D eigenvalue weighted by Crippen LogP contribution is -2.53. The van der Waals surface area contributed by atoms with E-state index in [0.717, 1.165) is 0 Å². The third-order valence-electron chi connectivity index (χ3n) is 1.67. The maximum Gasteiger partial charge on any atom is 0.177 e. The molecule has 5 heteroatoms.